The third-order valence-electron chi connectivity index (χ3n) is 5.60. The van der Waals surface area contributed by atoms with Gasteiger partial charge in [0.1, 0.15) is 15.2 Å². The zero-order chi connectivity index (χ0) is 23.4. The second kappa shape index (κ2) is 10.3. The predicted octanol–water partition coefficient (Wildman–Crippen LogP) is 4.11. The summed E-state index contributed by atoms with van der Waals surface area (Å²) in [6.07, 6.45) is 4.58. The number of hydrogen-bond donors (Lipinski definition) is 1. The highest BCUT2D eigenvalue weighted by Gasteiger charge is 2.43. The maximum absolute atomic E-state index is 13.3. The Morgan fingerprint density at radius 2 is 1.91 bits per heavy atom. The van der Waals surface area contributed by atoms with Crippen molar-refractivity contribution in [2.45, 2.75) is 54.0 Å². The van der Waals surface area contributed by atoms with Gasteiger partial charge in [-0.1, -0.05) is 37.1 Å². The van der Waals surface area contributed by atoms with Gasteiger partial charge in [-0.05, 0) is 48.6 Å². The Balaban J connectivity index is 1.53. The normalized spacial score (nSPS) is 20.9. The van der Waals surface area contributed by atoms with Crippen LogP contribution in [0.5, 0.6) is 5.75 Å². The number of sulfonamides is 1. The van der Waals surface area contributed by atoms with E-state index in [2.05, 4.69) is 9.71 Å². The summed E-state index contributed by atoms with van der Waals surface area (Å²) >= 11 is 2.15. The van der Waals surface area contributed by atoms with E-state index in [4.69, 9.17) is 4.74 Å². The molecule has 2 aliphatic rings. The van der Waals surface area contributed by atoms with E-state index in [0.717, 1.165) is 55.2 Å². The van der Waals surface area contributed by atoms with Crippen molar-refractivity contribution < 1.29 is 22.7 Å². The molecule has 0 radical (unpaired) electrons. The molecule has 1 saturated heterocycles. The summed E-state index contributed by atoms with van der Waals surface area (Å²) in [6, 6.07) is 9.95. The minimum atomic E-state index is -3.92. The Morgan fingerprint density at radius 1 is 1.18 bits per heavy atom. The lowest BCUT2D eigenvalue weighted by molar-refractivity contribution is -0.130. The molecule has 11 heteroatoms. The molecule has 4 rings (SSSR count). The molecule has 2 aromatic rings. The molecular formula is C22H25N3O5S3. The van der Waals surface area contributed by atoms with E-state index in [9.17, 15) is 18.0 Å². The quantitative estimate of drug-likeness (QED) is 0.605. The van der Waals surface area contributed by atoms with Gasteiger partial charge in [-0.15, -0.1) is 15.7 Å². The van der Waals surface area contributed by atoms with Crippen molar-refractivity contribution in [3.63, 3.8) is 0 Å². The summed E-state index contributed by atoms with van der Waals surface area (Å²) in [6.45, 7) is 0. The van der Waals surface area contributed by atoms with Crippen LogP contribution in [-0.2, 0) is 19.6 Å². The van der Waals surface area contributed by atoms with Crippen LogP contribution in [0.1, 0.15) is 38.5 Å². The van der Waals surface area contributed by atoms with E-state index in [1.807, 2.05) is 0 Å². The zero-order valence-electron chi connectivity index (χ0n) is 18.1. The van der Waals surface area contributed by atoms with E-state index in [-0.39, 0.29) is 33.7 Å². The second-order valence-corrected chi connectivity index (χ2v) is 11.8. The van der Waals surface area contributed by atoms with Crippen molar-refractivity contribution in [1.29, 1.82) is 0 Å². The van der Waals surface area contributed by atoms with Crippen LogP contribution in [0.3, 0.4) is 0 Å². The average molecular weight is 508 g/mol. The molecule has 1 saturated carbocycles. The Hall–Kier alpha value is -2.37. The first-order valence-electron chi connectivity index (χ1n) is 10.7. The number of nitrogens with zero attached hydrogens (tertiary/aromatic N) is 2. The highest BCUT2D eigenvalue weighted by molar-refractivity contribution is 8.16. The van der Waals surface area contributed by atoms with Gasteiger partial charge in [-0.2, -0.15) is 8.42 Å². The highest BCUT2D eigenvalue weighted by Crippen LogP contribution is 2.36. The van der Waals surface area contributed by atoms with Crippen LogP contribution in [0.2, 0.25) is 0 Å². The monoisotopic (exact) mass is 507 g/mol. The first-order valence-corrected chi connectivity index (χ1v) is 13.9. The smallest absolute Gasteiger partial charge is 0.294 e. The fraction of sp³-hybridized carbons (Fsp3) is 0.409. The zero-order valence-corrected chi connectivity index (χ0v) is 20.5. The van der Waals surface area contributed by atoms with Crippen LogP contribution in [0.25, 0.3) is 0 Å². The van der Waals surface area contributed by atoms with E-state index in [1.54, 1.807) is 42.8 Å². The standard InChI is InChI=1S/C22H25N3O5S3/c1-30-17-11-9-15(10-12-17)23-19(26)14-18-21(27)25(16-6-3-2-4-7-16)22(32-18)24-33(28,29)20-8-5-13-31-20/h5,8-13,16,18H,2-4,6-7,14H2,1H3,(H,23,26)/b24-22+. The van der Waals surface area contributed by atoms with Gasteiger partial charge in [-0.25, -0.2) is 0 Å². The first kappa shape index (κ1) is 23.8. The van der Waals surface area contributed by atoms with Crippen LogP contribution in [0.15, 0.2) is 50.4 Å². The first-order chi connectivity index (χ1) is 15.9. The number of hydrogen-bond acceptors (Lipinski definition) is 7. The molecule has 1 aliphatic carbocycles. The molecule has 33 heavy (non-hydrogen) atoms. The molecule has 1 atom stereocenters. The summed E-state index contributed by atoms with van der Waals surface area (Å²) in [5.41, 5.74) is 0.592. The number of carbonyl (C=O) groups excluding carboxylic acids is 2. The number of carbonyl (C=O) groups is 2. The molecule has 0 spiro atoms. The Labute approximate surface area is 201 Å². The Morgan fingerprint density at radius 3 is 2.55 bits per heavy atom. The van der Waals surface area contributed by atoms with Crippen LogP contribution in [0, 0.1) is 0 Å². The van der Waals surface area contributed by atoms with Crippen LogP contribution in [-0.4, -0.2) is 48.7 Å². The molecule has 8 nitrogen and oxygen atoms in total. The molecular weight excluding hydrogens is 482 g/mol. The van der Waals surface area contributed by atoms with E-state index in [1.165, 1.54) is 11.0 Å². The van der Waals surface area contributed by atoms with Crippen molar-refractivity contribution in [2.24, 2.45) is 4.40 Å². The number of rotatable bonds is 7. The summed E-state index contributed by atoms with van der Waals surface area (Å²) in [4.78, 5) is 27.5. The third kappa shape index (κ3) is 5.59. The van der Waals surface area contributed by atoms with Crippen LogP contribution >= 0.6 is 23.1 Å². The number of benzene rings is 1. The highest BCUT2D eigenvalue weighted by atomic mass is 32.2. The minimum Gasteiger partial charge on any atom is -0.497 e. The van der Waals surface area contributed by atoms with E-state index in [0.29, 0.717) is 11.4 Å². The van der Waals surface area contributed by atoms with Crippen molar-refractivity contribution >= 4 is 55.8 Å². The lowest BCUT2D eigenvalue weighted by atomic mass is 9.94. The maximum Gasteiger partial charge on any atom is 0.294 e. The van der Waals surface area contributed by atoms with Gasteiger partial charge >= 0.3 is 0 Å². The largest absolute Gasteiger partial charge is 0.497 e. The lowest BCUT2D eigenvalue weighted by Crippen LogP contribution is -2.42. The van der Waals surface area contributed by atoms with Gasteiger partial charge in [0.15, 0.2) is 5.17 Å². The Kier molecular flexibility index (Phi) is 7.40. The number of amidine groups is 1. The molecule has 1 unspecified atom stereocenters. The van der Waals surface area contributed by atoms with Gasteiger partial charge in [0, 0.05) is 18.2 Å². The molecule has 2 amide bonds. The summed E-state index contributed by atoms with van der Waals surface area (Å²) < 4.78 is 34.9. The summed E-state index contributed by atoms with van der Waals surface area (Å²) in [5.74, 6) is 0.0966. The number of amides is 2. The maximum atomic E-state index is 13.3. The van der Waals surface area contributed by atoms with Gasteiger partial charge < -0.3 is 10.1 Å². The van der Waals surface area contributed by atoms with E-state index < -0.39 is 15.3 Å². The fourth-order valence-electron chi connectivity index (χ4n) is 3.97. The lowest BCUT2D eigenvalue weighted by Gasteiger charge is -2.30. The van der Waals surface area contributed by atoms with Crippen molar-refractivity contribution in [1.82, 2.24) is 4.90 Å². The van der Waals surface area contributed by atoms with Gasteiger partial charge in [0.25, 0.3) is 10.0 Å². The fourth-order valence-corrected chi connectivity index (χ4v) is 7.34. The summed E-state index contributed by atoms with van der Waals surface area (Å²) in [5, 5.41) is 3.91. The molecule has 1 aromatic carbocycles. The molecule has 1 aromatic heterocycles. The van der Waals surface area contributed by atoms with Gasteiger partial charge in [0.05, 0.1) is 7.11 Å². The number of methoxy groups -OCH3 is 1. The molecule has 2 heterocycles. The van der Waals surface area contributed by atoms with Crippen molar-refractivity contribution in [2.75, 3.05) is 12.4 Å². The number of ether oxygens (including phenoxy) is 1. The van der Waals surface area contributed by atoms with Crippen molar-refractivity contribution in [3.8, 4) is 5.75 Å². The van der Waals surface area contributed by atoms with Gasteiger partial charge in [0.2, 0.25) is 11.8 Å². The number of anilines is 1. The molecule has 2 fully saturated rings. The number of thiophene rings is 1. The van der Waals surface area contributed by atoms with Gasteiger partial charge in [-0.3, -0.25) is 14.5 Å². The molecule has 1 N–H and O–H groups in total. The van der Waals surface area contributed by atoms with Crippen LogP contribution in [0.4, 0.5) is 5.69 Å². The number of nitrogens with one attached hydrogen (secondary N) is 1. The predicted molar refractivity (Wildman–Crippen MR) is 130 cm³/mol. The van der Waals surface area contributed by atoms with Crippen LogP contribution < -0.4 is 10.1 Å². The average Bonchev–Trinajstić information content (AvgIpc) is 3.44. The van der Waals surface area contributed by atoms with E-state index >= 15 is 0 Å². The second-order valence-electron chi connectivity index (χ2n) is 7.87. The molecule has 0 bridgehead atoms. The third-order valence-corrected chi connectivity index (χ3v) is 9.51. The molecule has 176 valence electrons. The molecule has 1 aliphatic heterocycles. The van der Waals surface area contributed by atoms with Crippen molar-refractivity contribution in [3.05, 3.63) is 41.8 Å². The summed E-state index contributed by atoms with van der Waals surface area (Å²) in [7, 11) is -2.36. The Bertz CT molecular complexity index is 1120. The SMILES string of the molecule is COc1ccc(NC(=O)CC2S/C(=N/S(=O)(=O)c3cccs3)N(C3CCCCC3)C2=O)cc1. The minimum absolute atomic E-state index is 0.0726. The topological polar surface area (TPSA) is 105 Å². The number of thioether (sulfide) groups is 1.